The number of hydrogen-bond donors (Lipinski definition) is 1. The molecule has 0 aliphatic heterocycles. The van der Waals surface area contributed by atoms with E-state index in [1.807, 2.05) is 5.80 Å². The highest BCUT2D eigenvalue weighted by Crippen LogP contribution is 2.29. The minimum atomic E-state index is 0.373. The third kappa shape index (κ3) is 0.987. The summed E-state index contributed by atoms with van der Waals surface area (Å²) in [6.07, 6.45) is 0. The van der Waals surface area contributed by atoms with Gasteiger partial charge in [-0.1, -0.05) is 0 Å². The molecule has 1 atom stereocenters. The number of rotatable bonds is 0. The van der Waals surface area contributed by atoms with E-state index in [-0.39, 0.29) is 0 Å². The molecule has 0 spiro atoms. The van der Waals surface area contributed by atoms with E-state index in [9.17, 15) is 0 Å². The summed E-state index contributed by atoms with van der Waals surface area (Å²) in [5.41, 5.74) is 0. The molecule has 0 aromatic carbocycles. The van der Waals surface area contributed by atoms with Crippen molar-refractivity contribution in [2.24, 2.45) is 0 Å². The van der Waals surface area contributed by atoms with Gasteiger partial charge in [0.05, 0.1) is 4.47 Å². The zero-order valence-corrected chi connectivity index (χ0v) is 6.07. The molecular weight excluding hydrogens is 175 g/mol. The van der Waals surface area contributed by atoms with Gasteiger partial charge in [0.2, 0.25) is 0 Å². The van der Waals surface area contributed by atoms with Gasteiger partial charge in [0, 0.05) is 0 Å². The summed E-state index contributed by atoms with van der Waals surface area (Å²) in [6, 6.07) is 0. The summed E-state index contributed by atoms with van der Waals surface area (Å²) in [6.45, 7) is 0. The quantitative estimate of drug-likeness (QED) is 0.646. The fourth-order valence-corrected chi connectivity index (χ4v) is 1.75. The third-order valence-electron chi connectivity index (χ3n) is 0.675. The summed E-state index contributed by atoms with van der Waals surface area (Å²) in [4.78, 5) is 0. The van der Waals surface area contributed by atoms with Crippen molar-refractivity contribution in [2.45, 2.75) is 0 Å². The van der Waals surface area contributed by atoms with Crippen molar-refractivity contribution in [3.05, 3.63) is 16.1 Å². The Balaban J connectivity index is 3.12. The van der Waals surface area contributed by atoms with Gasteiger partial charge in [-0.05, 0) is 27.5 Å². The second-order valence-electron chi connectivity index (χ2n) is 1.19. The van der Waals surface area contributed by atoms with Crippen molar-refractivity contribution >= 4 is 24.1 Å². The zero-order valence-electron chi connectivity index (χ0n) is 3.48. The van der Waals surface area contributed by atoms with Crippen molar-refractivity contribution < 1.29 is 5.11 Å². The molecule has 0 aliphatic rings. The van der Waals surface area contributed by atoms with Gasteiger partial charge in [-0.25, -0.2) is 0 Å². The Kier molecular flexibility index (Phi) is 1.40. The molecule has 0 amide bonds. The summed E-state index contributed by atoms with van der Waals surface area (Å²) < 4.78 is 0.825. The van der Waals surface area contributed by atoms with E-state index in [4.69, 9.17) is 5.11 Å². The second-order valence-corrected chi connectivity index (χ2v) is 2.95. The van der Waals surface area contributed by atoms with Gasteiger partial charge in [0.15, 0.2) is 0 Å². The molecule has 0 aliphatic carbocycles. The van der Waals surface area contributed by atoms with Crippen LogP contribution in [-0.2, 0) is 0 Å². The first-order valence-corrected chi connectivity index (χ1v) is 3.76. The normalized spacial score (nSPS) is 10.4. The first-order chi connectivity index (χ1) is 3.30. The second kappa shape index (κ2) is 1.89. The van der Waals surface area contributed by atoms with Crippen LogP contribution in [0, 0.1) is 0 Å². The van der Waals surface area contributed by atoms with E-state index in [1.54, 1.807) is 5.80 Å². The van der Waals surface area contributed by atoms with Crippen LogP contribution in [0.25, 0.3) is 0 Å². The lowest BCUT2D eigenvalue weighted by Crippen LogP contribution is -1.48. The lowest BCUT2D eigenvalue weighted by atomic mass is 10.6. The maximum atomic E-state index is 8.75. The van der Waals surface area contributed by atoms with Gasteiger partial charge < -0.3 is 5.11 Å². The topological polar surface area (TPSA) is 20.2 Å². The van der Waals surface area contributed by atoms with Gasteiger partial charge in [0.25, 0.3) is 0 Å². The predicted molar refractivity (Wildman–Crippen MR) is 35.3 cm³/mol. The Bertz CT molecular complexity index is 144. The molecule has 0 saturated heterocycles. The monoisotopic (exact) mass is 178 g/mol. The first-order valence-electron chi connectivity index (χ1n) is 1.82. The fraction of sp³-hybridized carbons (Fsp3) is 0. The Labute approximate surface area is 51.6 Å². The van der Waals surface area contributed by atoms with Crippen molar-refractivity contribution in [3.8, 4) is 5.75 Å². The Morgan fingerprint density at radius 2 is 2.29 bits per heavy atom. The molecule has 1 heterocycles. The van der Waals surface area contributed by atoms with E-state index in [0.717, 1.165) is 4.47 Å². The van der Waals surface area contributed by atoms with Gasteiger partial charge in [0.1, 0.15) is 5.75 Å². The molecule has 1 rings (SSSR count). The van der Waals surface area contributed by atoms with E-state index in [0.29, 0.717) is 13.9 Å². The number of aromatic hydroxyl groups is 1. The Hall–Kier alpha value is 0.0600. The molecule has 1 nitrogen and oxygen atoms in total. The van der Waals surface area contributed by atoms with Crippen molar-refractivity contribution in [3.63, 3.8) is 0 Å². The molecular formula is C4H4BrOP. The first kappa shape index (κ1) is 5.20. The van der Waals surface area contributed by atoms with E-state index in [1.165, 1.54) is 0 Å². The highest BCUT2D eigenvalue weighted by Gasteiger charge is 1.91. The van der Waals surface area contributed by atoms with Crippen LogP contribution in [0.2, 0.25) is 0 Å². The van der Waals surface area contributed by atoms with Gasteiger partial charge in [-0.2, -0.15) is 0 Å². The summed E-state index contributed by atoms with van der Waals surface area (Å²) in [7, 11) is 0.648. The van der Waals surface area contributed by atoms with Gasteiger partial charge in [-0.3, -0.25) is 0 Å². The lowest BCUT2D eigenvalue weighted by Gasteiger charge is -1.78. The summed E-state index contributed by atoms with van der Waals surface area (Å²) in [5.74, 6) is 4.10. The Morgan fingerprint density at radius 3 is 2.43 bits per heavy atom. The molecule has 0 saturated carbocycles. The maximum absolute atomic E-state index is 8.75. The van der Waals surface area contributed by atoms with Gasteiger partial charge >= 0.3 is 0 Å². The fourth-order valence-electron chi connectivity index (χ4n) is 0.337. The average Bonchev–Trinajstić information content (AvgIpc) is 1.91. The molecule has 1 aromatic heterocycles. The molecule has 1 unspecified atom stereocenters. The van der Waals surface area contributed by atoms with Crippen molar-refractivity contribution in [1.82, 2.24) is 0 Å². The maximum Gasteiger partial charge on any atom is 0.133 e. The summed E-state index contributed by atoms with van der Waals surface area (Å²) in [5, 5.41) is 8.75. The van der Waals surface area contributed by atoms with Crippen molar-refractivity contribution in [2.75, 3.05) is 0 Å². The Morgan fingerprint density at radius 1 is 1.57 bits per heavy atom. The van der Waals surface area contributed by atoms with Crippen LogP contribution in [0.3, 0.4) is 0 Å². The minimum absolute atomic E-state index is 0.373. The lowest BCUT2D eigenvalue weighted by molar-refractivity contribution is 0.475. The summed E-state index contributed by atoms with van der Waals surface area (Å²) >= 11 is 3.15. The molecule has 1 N–H and O–H groups in total. The van der Waals surface area contributed by atoms with Crippen LogP contribution in [-0.4, -0.2) is 5.11 Å². The largest absolute Gasteiger partial charge is 0.506 e. The van der Waals surface area contributed by atoms with Crippen LogP contribution in [0.4, 0.5) is 0 Å². The predicted octanol–water partition coefficient (Wildman–Crippen LogP) is 2.19. The van der Waals surface area contributed by atoms with Gasteiger partial charge in [-0.15, -0.1) is 8.19 Å². The zero-order chi connectivity index (χ0) is 5.28. The SMILES string of the molecule is Oc1c[pH]cc1Br. The molecule has 38 valence electrons. The number of halogens is 1. The van der Waals surface area contributed by atoms with Crippen molar-refractivity contribution in [1.29, 1.82) is 0 Å². The van der Waals surface area contributed by atoms with Crippen LogP contribution < -0.4 is 0 Å². The standard InChI is InChI=1S/C4H4BrOP/c5-3-1-7-2-4(3)6/h1-2,6-7H. The highest BCUT2D eigenvalue weighted by atomic mass is 79.9. The smallest absolute Gasteiger partial charge is 0.133 e. The highest BCUT2D eigenvalue weighted by molar-refractivity contribution is 9.10. The van der Waals surface area contributed by atoms with E-state index >= 15 is 0 Å². The van der Waals surface area contributed by atoms with Crippen LogP contribution in [0.1, 0.15) is 0 Å². The molecule has 3 heteroatoms. The molecule has 7 heavy (non-hydrogen) atoms. The molecule has 0 radical (unpaired) electrons. The molecule has 0 fully saturated rings. The van der Waals surface area contributed by atoms with E-state index < -0.39 is 0 Å². The molecule has 1 aromatic rings. The van der Waals surface area contributed by atoms with Crippen LogP contribution in [0.15, 0.2) is 16.1 Å². The van der Waals surface area contributed by atoms with Crippen LogP contribution >= 0.6 is 24.1 Å². The van der Waals surface area contributed by atoms with E-state index in [2.05, 4.69) is 15.9 Å². The molecule has 0 bridgehead atoms. The third-order valence-corrected chi connectivity index (χ3v) is 2.63. The average molecular weight is 179 g/mol. The van der Waals surface area contributed by atoms with Crippen LogP contribution in [0.5, 0.6) is 5.75 Å². The number of hydrogen-bond acceptors (Lipinski definition) is 1. The minimum Gasteiger partial charge on any atom is -0.506 e.